The van der Waals surface area contributed by atoms with Gasteiger partial charge < -0.3 is 14.9 Å². The minimum Gasteiger partial charge on any atom is -0.466 e. The molecule has 104 valence electrons. The fourth-order valence-corrected chi connectivity index (χ4v) is 1.81. The summed E-state index contributed by atoms with van der Waals surface area (Å²) in [6.07, 6.45) is -2.12. The summed E-state index contributed by atoms with van der Waals surface area (Å²) >= 11 is 0. The van der Waals surface area contributed by atoms with Crippen molar-refractivity contribution in [3.8, 4) is 0 Å². The molecular weight excluding hydrogens is 248 g/mol. The third-order valence-corrected chi connectivity index (χ3v) is 2.65. The molecule has 5 heteroatoms. The van der Waals surface area contributed by atoms with Crippen LogP contribution in [0.15, 0.2) is 18.2 Å². The number of hydrogen-bond acceptors (Lipinski definition) is 5. The van der Waals surface area contributed by atoms with Crippen molar-refractivity contribution in [2.75, 3.05) is 6.61 Å². The summed E-state index contributed by atoms with van der Waals surface area (Å²) in [7, 11) is 0. The van der Waals surface area contributed by atoms with Crippen molar-refractivity contribution in [2.45, 2.75) is 32.5 Å². The Morgan fingerprint density at radius 1 is 1.37 bits per heavy atom. The predicted octanol–water partition coefficient (Wildman–Crippen LogP) is 1.16. The van der Waals surface area contributed by atoms with Crippen LogP contribution in [0.25, 0.3) is 0 Å². The van der Waals surface area contributed by atoms with Gasteiger partial charge in [-0.1, -0.05) is 11.6 Å². The van der Waals surface area contributed by atoms with Crippen LogP contribution in [0.4, 0.5) is 0 Å². The summed E-state index contributed by atoms with van der Waals surface area (Å²) in [5.41, 5.74) is 1.61. The Balaban J connectivity index is 2.81. The maximum atomic E-state index is 11.2. The lowest BCUT2D eigenvalue weighted by Crippen LogP contribution is -2.23. The van der Waals surface area contributed by atoms with E-state index in [1.54, 1.807) is 26.0 Å². The largest absolute Gasteiger partial charge is 0.466 e. The molecule has 0 radical (unpaired) electrons. The lowest BCUT2D eigenvalue weighted by atomic mass is 9.98. The molecule has 0 saturated carbocycles. The summed E-state index contributed by atoms with van der Waals surface area (Å²) in [6, 6.07) is 4.81. The van der Waals surface area contributed by atoms with Gasteiger partial charge in [0.15, 0.2) is 0 Å². The van der Waals surface area contributed by atoms with Crippen molar-refractivity contribution < 1.29 is 24.5 Å². The first-order valence-corrected chi connectivity index (χ1v) is 6.06. The summed E-state index contributed by atoms with van der Waals surface area (Å²) < 4.78 is 4.70. The number of aryl methyl sites for hydroxylation is 1. The molecule has 19 heavy (non-hydrogen) atoms. The first-order valence-electron chi connectivity index (χ1n) is 6.06. The minimum absolute atomic E-state index is 0.224. The number of aliphatic hydroxyl groups is 2. The predicted molar refractivity (Wildman–Crippen MR) is 68.8 cm³/mol. The summed E-state index contributed by atoms with van der Waals surface area (Å²) in [4.78, 5) is 22.0. The van der Waals surface area contributed by atoms with E-state index in [2.05, 4.69) is 0 Å². The number of aliphatic hydroxyl groups excluding tert-OH is 2. The highest BCUT2D eigenvalue weighted by molar-refractivity contribution is 5.75. The van der Waals surface area contributed by atoms with Crippen LogP contribution in [0, 0.1) is 6.92 Å². The molecule has 2 unspecified atom stereocenters. The quantitative estimate of drug-likeness (QED) is 0.596. The van der Waals surface area contributed by atoms with E-state index >= 15 is 0 Å². The van der Waals surface area contributed by atoms with Crippen LogP contribution in [-0.4, -0.2) is 35.2 Å². The van der Waals surface area contributed by atoms with E-state index in [1.807, 2.05) is 0 Å². The molecule has 0 bridgehead atoms. The molecule has 1 rings (SSSR count). The number of esters is 1. The number of hydrogen-bond donors (Lipinski definition) is 2. The molecule has 1 aromatic carbocycles. The number of carbonyl (C=O) groups excluding carboxylic acids is 2. The molecule has 0 heterocycles. The van der Waals surface area contributed by atoms with Crippen molar-refractivity contribution in [1.82, 2.24) is 0 Å². The van der Waals surface area contributed by atoms with E-state index < -0.39 is 18.2 Å². The fraction of sp³-hybridized carbons (Fsp3) is 0.429. The maximum absolute atomic E-state index is 11.2. The Labute approximate surface area is 111 Å². The molecule has 2 atom stereocenters. The lowest BCUT2D eigenvalue weighted by Gasteiger charge is -2.18. The Bertz CT molecular complexity index is 455. The van der Waals surface area contributed by atoms with Crippen LogP contribution in [-0.2, 0) is 9.53 Å². The van der Waals surface area contributed by atoms with Crippen LogP contribution in [0.5, 0.6) is 0 Å². The summed E-state index contributed by atoms with van der Waals surface area (Å²) in [5.74, 6) is -0.572. The Morgan fingerprint density at radius 3 is 2.63 bits per heavy atom. The number of ether oxygens (including phenoxy) is 1. The highest BCUT2D eigenvalue weighted by atomic mass is 16.5. The zero-order chi connectivity index (χ0) is 14.4. The number of benzene rings is 1. The first-order chi connectivity index (χ1) is 8.97. The third kappa shape index (κ3) is 4.46. The van der Waals surface area contributed by atoms with Gasteiger partial charge in [-0.15, -0.1) is 0 Å². The second kappa shape index (κ2) is 7.01. The smallest absolute Gasteiger partial charge is 0.308 e. The molecule has 0 saturated heterocycles. The topological polar surface area (TPSA) is 83.8 Å². The second-order valence-electron chi connectivity index (χ2n) is 4.32. The standard InChI is InChI=1S/C14H18O5/c1-3-19-13(17)7-12(16)14(18)11-5-9(2)4-10(6-11)8-15/h4-6,8,12,14,16,18H,3,7H2,1-2H3. The van der Waals surface area contributed by atoms with Gasteiger partial charge in [0.1, 0.15) is 12.4 Å². The molecular formula is C14H18O5. The lowest BCUT2D eigenvalue weighted by molar-refractivity contribution is -0.147. The van der Waals surface area contributed by atoms with Crippen LogP contribution in [0.1, 0.15) is 40.9 Å². The van der Waals surface area contributed by atoms with Crippen molar-refractivity contribution >= 4 is 12.3 Å². The van der Waals surface area contributed by atoms with E-state index in [0.717, 1.165) is 5.56 Å². The van der Waals surface area contributed by atoms with Crippen molar-refractivity contribution in [3.63, 3.8) is 0 Å². The molecule has 0 spiro atoms. The summed E-state index contributed by atoms with van der Waals surface area (Å²) in [6.45, 7) is 3.67. The SMILES string of the molecule is CCOC(=O)CC(O)C(O)c1cc(C)cc(C=O)c1. The molecule has 0 aromatic heterocycles. The van der Waals surface area contributed by atoms with Gasteiger partial charge in [0.2, 0.25) is 0 Å². The van der Waals surface area contributed by atoms with E-state index in [0.29, 0.717) is 17.4 Å². The van der Waals surface area contributed by atoms with Gasteiger partial charge in [0, 0.05) is 5.56 Å². The molecule has 0 aliphatic carbocycles. The average Bonchev–Trinajstić information content (AvgIpc) is 2.37. The highest BCUT2D eigenvalue weighted by Gasteiger charge is 2.22. The highest BCUT2D eigenvalue weighted by Crippen LogP contribution is 2.21. The molecule has 0 aliphatic rings. The van der Waals surface area contributed by atoms with Crippen molar-refractivity contribution in [2.24, 2.45) is 0 Å². The average molecular weight is 266 g/mol. The van der Waals surface area contributed by atoms with Crippen molar-refractivity contribution in [1.29, 1.82) is 0 Å². The molecule has 0 aliphatic heterocycles. The monoisotopic (exact) mass is 266 g/mol. The van der Waals surface area contributed by atoms with E-state index in [-0.39, 0.29) is 13.0 Å². The normalized spacial score (nSPS) is 13.7. The first kappa shape index (κ1) is 15.3. The molecule has 1 aromatic rings. The van der Waals surface area contributed by atoms with Crippen LogP contribution in [0.3, 0.4) is 0 Å². The molecule has 0 amide bonds. The third-order valence-electron chi connectivity index (χ3n) is 2.65. The Kier molecular flexibility index (Phi) is 5.66. The number of rotatable bonds is 6. The molecule has 0 fully saturated rings. The molecule has 5 nitrogen and oxygen atoms in total. The Hall–Kier alpha value is -1.72. The van der Waals surface area contributed by atoms with Crippen molar-refractivity contribution in [3.05, 3.63) is 34.9 Å². The number of carbonyl (C=O) groups is 2. The van der Waals surface area contributed by atoms with E-state index in [4.69, 9.17) is 4.74 Å². The van der Waals surface area contributed by atoms with Gasteiger partial charge in [-0.3, -0.25) is 9.59 Å². The van der Waals surface area contributed by atoms with Gasteiger partial charge in [-0.05, 0) is 31.5 Å². The van der Waals surface area contributed by atoms with E-state index in [9.17, 15) is 19.8 Å². The molecule has 2 N–H and O–H groups in total. The van der Waals surface area contributed by atoms with Gasteiger partial charge >= 0.3 is 5.97 Å². The van der Waals surface area contributed by atoms with Gasteiger partial charge in [-0.2, -0.15) is 0 Å². The minimum atomic E-state index is -1.26. The second-order valence-corrected chi connectivity index (χ2v) is 4.32. The zero-order valence-electron chi connectivity index (χ0n) is 11.0. The van der Waals surface area contributed by atoms with Crippen LogP contribution in [0.2, 0.25) is 0 Å². The Morgan fingerprint density at radius 2 is 2.05 bits per heavy atom. The summed E-state index contributed by atoms with van der Waals surface area (Å²) in [5, 5.41) is 19.8. The zero-order valence-corrected chi connectivity index (χ0v) is 11.0. The van der Waals surface area contributed by atoms with E-state index in [1.165, 1.54) is 6.07 Å². The number of aldehydes is 1. The van der Waals surface area contributed by atoms with Gasteiger partial charge in [-0.25, -0.2) is 0 Å². The van der Waals surface area contributed by atoms with Gasteiger partial charge in [0.25, 0.3) is 0 Å². The van der Waals surface area contributed by atoms with Crippen LogP contribution >= 0.6 is 0 Å². The van der Waals surface area contributed by atoms with Gasteiger partial charge in [0.05, 0.1) is 19.1 Å². The maximum Gasteiger partial charge on any atom is 0.308 e. The fourth-order valence-electron chi connectivity index (χ4n) is 1.81. The van der Waals surface area contributed by atoms with Crippen LogP contribution < -0.4 is 0 Å².